The lowest BCUT2D eigenvalue weighted by molar-refractivity contribution is -0.384. The van der Waals surface area contributed by atoms with Crippen molar-refractivity contribution in [3.8, 4) is 0 Å². The molecular weight excluding hydrogens is 495 g/mol. The molecule has 0 saturated carbocycles. The molecule has 1 fully saturated rings. The lowest BCUT2D eigenvalue weighted by atomic mass is 10.1. The summed E-state index contributed by atoms with van der Waals surface area (Å²) in [5, 5.41) is 14.1. The quantitative estimate of drug-likeness (QED) is 0.184. The zero-order valence-electron chi connectivity index (χ0n) is 17.2. The van der Waals surface area contributed by atoms with Crippen LogP contribution in [0.4, 0.5) is 5.69 Å². The molecule has 0 aromatic heterocycles. The van der Waals surface area contributed by atoms with Crippen molar-refractivity contribution < 1.29 is 9.66 Å². The molecule has 162 valence electrons. The van der Waals surface area contributed by atoms with E-state index in [9.17, 15) is 10.1 Å². The normalized spacial score (nSPS) is 16.2. The van der Waals surface area contributed by atoms with Gasteiger partial charge in [0.1, 0.15) is 0 Å². The van der Waals surface area contributed by atoms with E-state index in [2.05, 4.69) is 29.3 Å². The highest BCUT2D eigenvalue weighted by atomic mass is 127. The molecule has 1 heterocycles. The second kappa shape index (κ2) is 12.5. The number of nitrogens with one attached hydrogen (secondary N) is 1. The molecule has 1 unspecified atom stereocenters. The predicted octanol–water partition coefficient (Wildman–Crippen LogP) is 4.22. The van der Waals surface area contributed by atoms with Crippen LogP contribution < -0.4 is 5.32 Å². The molecule has 0 spiro atoms. The Hall–Kier alpha value is -2.20. The summed E-state index contributed by atoms with van der Waals surface area (Å²) >= 11 is 0. The summed E-state index contributed by atoms with van der Waals surface area (Å²) in [5.74, 6) is 1.37. The fraction of sp³-hybridized carbons (Fsp3) is 0.409. The molecule has 0 bridgehead atoms. The Morgan fingerprint density at radius 1 is 1.20 bits per heavy atom. The number of hydrogen-bond acceptors (Lipinski definition) is 4. The summed E-state index contributed by atoms with van der Waals surface area (Å²) in [7, 11) is 0. The number of ether oxygens (including phenoxy) is 1. The number of nitro groups is 1. The van der Waals surface area contributed by atoms with Gasteiger partial charge < -0.3 is 15.0 Å². The van der Waals surface area contributed by atoms with Crippen molar-refractivity contribution >= 4 is 35.6 Å². The summed E-state index contributed by atoms with van der Waals surface area (Å²) in [5.41, 5.74) is 2.25. The molecule has 2 aromatic carbocycles. The fourth-order valence-corrected chi connectivity index (χ4v) is 3.39. The monoisotopic (exact) mass is 524 g/mol. The smallest absolute Gasteiger partial charge is 0.269 e. The second-order valence-corrected chi connectivity index (χ2v) is 7.20. The number of guanidine groups is 1. The highest BCUT2D eigenvalue weighted by Crippen LogP contribution is 2.18. The SMILES string of the molecule is CCNC(=NCc1ccc([N+](=O)[O-])cc1)N1CCC(COCc2ccccc2)C1.I. The van der Waals surface area contributed by atoms with E-state index in [1.165, 1.54) is 17.7 Å². The van der Waals surface area contributed by atoms with Gasteiger partial charge in [-0.15, -0.1) is 24.0 Å². The number of benzene rings is 2. The molecule has 1 atom stereocenters. The largest absolute Gasteiger partial charge is 0.376 e. The van der Waals surface area contributed by atoms with E-state index < -0.39 is 0 Å². The first-order valence-electron chi connectivity index (χ1n) is 10.0. The molecule has 1 aliphatic rings. The zero-order valence-corrected chi connectivity index (χ0v) is 19.5. The molecular formula is C22H29IN4O3. The summed E-state index contributed by atoms with van der Waals surface area (Å²) in [4.78, 5) is 17.4. The predicted molar refractivity (Wildman–Crippen MR) is 129 cm³/mol. The molecule has 1 saturated heterocycles. The number of nitrogens with zero attached hydrogens (tertiary/aromatic N) is 3. The Balaban J connectivity index is 0.00000320. The number of nitro benzene ring substituents is 1. The topological polar surface area (TPSA) is 80.0 Å². The highest BCUT2D eigenvalue weighted by molar-refractivity contribution is 14.0. The van der Waals surface area contributed by atoms with Crippen LogP contribution in [-0.2, 0) is 17.9 Å². The van der Waals surface area contributed by atoms with Gasteiger partial charge in [0, 0.05) is 37.7 Å². The third-order valence-corrected chi connectivity index (χ3v) is 4.94. The van der Waals surface area contributed by atoms with Crippen LogP contribution in [0.25, 0.3) is 0 Å². The van der Waals surface area contributed by atoms with Crippen molar-refractivity contribution in [2.45, 2.75) is 26.5 Å². The third-order valence-electron chi connectivity index (χ3n) is 4.94. The van der Waals surface area contributed by atoms with Crippen LogP contribution in [-0.4, -0.2) is 42.0 Å². The zero-order chi connectivity index (χ0) is 20.5. The average molecular weight is 524 g/mol. The van der Waals surface area contributed by atoms with Crippen LogP contribution in [0.2, 0.25) is 0 Å². The fourth-order valence-electron chi connectivity index (χ4n) is 3.39. The van der Waals surface area contributed by atoms with Gasteiger partial charge in [-0.1, -0.05) is 42.5 Å². The van der Waals surface area contributed by atoms with E-state index in [0.717, 1.165) is 44.2 Å². The molecule has 7 nitrogen and oxygen atoms in total. The van der Waals surface area contributed by atoms with Gasteiger partial charge in [-0.25, -0.2) is 4.99 Å². The van der Waals surface area contributed by atoms with Crippen molar-refractivity contribution in [2.24, 2.45) is 10.9 Å². The van der Waals surface area contributed by atoms with Crippen molar-refractivity contribution in [1.82, 2.24) is 10.2 Å². The minimum Gasteiger partial charge on any atom is -0.376 e. The molecule has 0 aliphatic carbocycles. The van der Waals surface area contributed by atoms with E-state index in [4.69, 9.17) is 9.73 Å². The van der Waals surface area contributed by atoms with Gasteiger partial charge in [-0.2, -0.15) is 0 Å². The molecule has 30 heavy (non-hydrogen) atoms. The summed E-state index contributed by atoms with van der Waals surface area (Å²) in [6, 6.07) is 16.8. The van der Waals surface area contributed by atoms with Crippen molar-refractivity contribution in [3.05, 3.63) is 75.8 Å². The van der Waals surface area contributed by atoms with Crippen molar-refractivity contribution in [1.29, 1.82) is 0 Å². The number of rotatable bonds is 8. The third kappa shape index (κ3) is 7.24. The standard InChI is InChI=1S/C22H28N4O3.HI/c1-2-23-22(24-14-18-8-10-21(11-9-18)26(27)28)25-13-12-20(15-25)17-29-16-19-6-4-3-5-7-19;/h3-11,20H,2,12-17H2,1H3,(H,23,24);1H. The maximum Gasteiger partial charge on any atom is 0.269 e. The van der Waals surface area contributed by atoms with E-state index >= 15 is 0 Å². The van der Waals surface area contributed by atoms with Crippen molar-refractivity contribution in [3.63, 3.8) is 0 Å². The van der Waals surface area contributed by atoms with E-state index in [1.807, 2.05) is 18.2 Å². The van der Waals surface area contributed by atoms with Gasteiger partial charge in [0.05, 0.1) is 24.7 Å². The Kier molecular flexibility index (Phi) is 10.0. The van der Waals surface area contributed by atoms with E-state index in [0.29, 0.717) is 19.1 Å². The number of non-ortho nitro benzene ring substituents is 1. The molecule has 3 rings (SSSR count). The highest BCUT2D eigenvalue weighted by Gasteiger charge is 2.25. The molecule has 1 N–H and O–H groups in total. The molecule has 8 heteroatoms. The molecule has 0 amide bonds. The van der Waals surface area contributed by atoms with E-state index in [-0.39, 0.29) is 34.6 Å². The summed E-state index contributed by atoms with van der Waals surface area (Å²) < 4.78 is 5.91. The Morgan fingerprint density at radius 2 is 1.93 bits per heavy atom. The van der Waals surface area contributed by atoms with Crippen LogP contribution >= 0.6 is 24.0 Å². The maximum atomic E-state index is 10.8. The molecule has 0 radical (unpaired) electrons. The first-order valence-corrected chi connectivity index (χ1v) is 10.0. The molecule has 1 aliphatic heterocycles. The number of aliphatic imine (C=N–C) groups is 1. The lowest BCUT2D eigenvalue weighted by Gasteiger charge is -2.21. The van der Waals surface area contributed by atoms with E-state index in [1.54, 1.807) is 12.1 Å². The Bertz CT molecular complexity index is 815. The van der Waals surface area contributed by atoms with Crippen molar-refractivity contribution in [2.75, 3.05) is 26.2 Å². The molecule has 2 aromatic rings. The van der Waals surface area contributed by atoms with Crippen LogP contribution in [0.1, 0.15) is 24.5 Å². The number of likely N-dealkylation sites (tertiary alicyclic amines) is 1. The van der Waals surface area contributed by atoms with Gasteiger partial charge in [-0.3, -0.25) is 10.1 Å². The summed E-state index contributed by atoms with van der Waals surface area (Å²) in [6.45, 7) is 6.60. The first kappa shape index (κ1) is 24.1. The van der Waals surface area contributed by atoms with Crippen LogP contribution in [0.5, 0.6) is 0 Å². The van der Waals surface area contributed by atoms with Gasteiger partial charge in [0.15, 0.2) is 5.96 Å². The van der Waals surface area contributed by atoms with Gasteiger partial charge in [0.2, 0.25) is 0 Å². The second-order valence-electron chi connectivity index (χ2n) is 7.20. The maximum absolute atomic E-state index is 10.8. The van der Waals surface area contributed by atoms with Crippen LogP contribution in [0, 0.1) is 16.0 Å². The summed E-state index contributed by atoms with van der Waals surface area (Å²) in [6.07, 6.45) is 1.08. The number of halogens is 1. The number of hydrogen-bond donors (Lipinski definition) is 1. The van der Waals surface area contributed by atoms with Crippen LogP contribution in [0.15, 0.2) is 59.6 Å². The average Bonchev–Trinajstić information content (AvgIpc) is 3.21. The van der Waals surface area contributed by atoms with Crippen LogP contribution in [0.3, 0.4) is 0 Å². The van der Waals surface area contributed by atoms with Gasteiger partial charge in [-0.05, 0) is 24.5 Å². The van der Waals surface area contributed by atoms with Gasteiger partial charge >= 0.3 is 0 Å². The van der Waals surface area contributed by atoms with Gasteiger partial charge in [0.25, 0.3) is 5.69 Å². The first-order chi connectivity index (χ1) is 14.2. The minimum absolute atomic E-state index is 0. The lowest BCUT2D eigenvalue weighted by Crippen LogP contribution is -2.40. The Morgan fingerprint density at radius 3 is 2.60 bits per heavy atom. The minimum atomic E-state index is -0.388. The Labute approximate surface area is 194 Å².